The van der Waals surface area contributed by atoms with E-state index in [1.807, 2.05) is 13.8 Å². The SMILES string of the molecule is CCCNC(=O)C(CC)N(Cc1ccc(Cl)cc1Cl)C(=O)CCCN(c1cc(Cl)ccc1Cl)S(C)(=O)=O. The number of nitrogens with zero attached hydrogens (tertiary/aromatic N) is 2. The van der Waals surface area contributed by atoms with Crippen molar-refractivity contribution in [1.82, 2.24) is 10.2 Å². The third-order valence-electron chi connectivity index (χ3n) is 5.62. The average molecular weight is 611 g/mol. The van der Waals surface area contributed by atoms with Crippen LogP contribution in [-0.2, 0) is 26.2 Å². The monoisotopic (exact) mass is 609 g/mol. The first-order chi connectivity index (χ1) is 17.4. The van der Waals surface area contributed by atoms with Crippen LogP contribution < -0.4 is 9.62 Å². The van der Waals surface area contributed by atoms with Crippen molar-refractivity contribution >= 4 is 73.9 Å². The van der Waals surface area contributed by atoms with Crippen LogP contribution in [0, 0.1) is 0 Å². The molecule has 0 bridgehead atoms. The van der Waals surface area contributed by atoms with Gasteiger partial charge in [0.2, 0.25) is 21.8 Å². The maximum Gasteiger partial charge on any atom is 0.242 e. The van der Waals surface area contributed by atoms with E-state index >= 15 is 0 Å². The molecule has 0 aromatic heterocycles. The lowest BCUT2D eigenvalue weighted by atomic mass is 10.1. The summed E-state index contributed by atoms with van der Waals surface area (Å²) >= 11 is 24.7. The van der Waals surface area contributed by atoms with Crippen LogP contribution in [0.4, 0.5) is 5.69 Å². The maximum absolute atomic E-state index is 13.5. The van der Waals surface area contributed by atoms with Gasteiger partial charge in [-0.05, 0) is 55.2 Å². The molecule has 7 nitrogen and oxygen atoms in total. The number of benzene rings is 2. The van der Waals surface area contributed by atoms with Crippen LogP contribution in [0.2, 0.25) is 20.1 Å². The molecule has 2 aromatic rings. The molecule has 0 aliphatic heterocycles. The molecule has 0 aliphatic carbocycles. The summed E-state index contributed by atoms with van der Waals surface area (Å²) in [5, 5.41) is 4.25. The number of sulfonamides is 1. The fourth-order valence-corrected chi connectivity index (χ4v) is 5.65. The Morgan fingerprint density at radius 2 is 1.62 bits per heavy atom. The van der Waals surface area contributed by atoms with Gasteiger partial charge in [0, 0.05) is 41.1 Å². The molecule has 0 saturated carbocycles. The van der Waals surface area contributed by atoms with Crippen molar-refractivity contribution in [2.75, 3.05) is 23.7 Å². The zero-order chi connectivity index (χ0) is 27.8. The van der Waals surface area contributed by atoms with E-state index in [1.54, 1.807) is 24.3 Å². The minimum absolute atomic E-state index is 0.000993. The number of carbonyl (C=O) groups is 2. The molecule has 37 heavy (non-hydrogen) atoms. The van der Waals surface area contributed by atoms with Gasteiger partial charge >= 0.3 is 0 Å². The van der Waals surface area contributed by atoms with Crippen molar-refractivity contribution in [3.63, 3.8) is 0 Å². The first kappa shape index (κ1) is 31.5. The molecular formula is C25H31Cl4N3O4S. The lowest BCUT2D eigenvalue weighted by Gasteiger charge is -2.31. The van der Waals surface area contributed by atoms with Gasteiger partial charge in [0.15, 0.2) is 0 Å². The fourth-order valence-electron chi connectivity index (χ4n) is 3.78. The molecule has 0 radical (unpaired) electrons. The van der Waals surface area contributed by atoms with Crippen LogP contribution in [0.15, 0.2) is 36.4 Å². The first-order valence-corrected chi connectivity index (χ1v) is 15.2. The summed E-state index contributed by atoms with van der Waals surface area (Å²) in [6.45, 7) is 4.36. The van der Waals surface area contributed by atoms with E-state index in [0.29, 0.717) is 33.6 Å². The largest absolute Gasteiger partial charge is 0.354 e. The maximum atomic E-state index is 13.5. The Hall–Kier alpha value is -1.71. The number of anilines is 1. The van der Waals surface area contributed by atoms with E-state index in [0.717, 1.165) is 17.0 Å². The fraction of sp³-hybridized carbons (Fsp3) is 0.440. The van der Waals surface area contributed by atoms with Crippen molar-refractivity contribution in [3.8, 4) is 0 Å². The highest BCUT2D eigenvalue weighted by Gasteiger charge is 2.29. The van der Waals surface area contributed by atoms with Crippen molar-refractivity contribution in [2.24, 2.45) is 0 Å². The number of halogens is 4. The third kappa shape index (κ3) is 9.21. The Morgan fingerprint density at radius 1 is 0.973 bits per heavy atom. The molecule has 1 unspecified atom stereocenters. The molecule has 12 heteroatoms. The summed E-state index contributed by atoms with van der Waals surface area (Å²) in [6.07, 6.45) is 2.39. The van der Waals surface area contributed by atoms with Crippen LogP contribution in [0.1, 0.15) is 45.1 Å². The minimum Gasteiger partial charge on any atom is -0.354 e. The number of hydrogen-bond donors (Lipinski definition) is 1. The summed E-state index contributed by atoms with van der Waals surface area (Å²) in [5.74, 6) is -0.568. The number of hydrogen-bond acceptors (Lipinski definition) is 4. The Kier molecular flexibility index (Phi) is 12.3. The molecule has 1 N–H and O–H groups in total. The molecule has 1 atom stereocenters. The predicted octanol–water partition coefficient (Wildman–Crippen LogP) is 6.18. The van der Waals surface area contributed by atoms with Gasteiger partial charge in [-0.15, -0.1) is 0 Å². The van der Waals surface area contributed by atoms with Gasteiger partial charge in [-0.2, -0.15) is 0 Å². The molecule has 0 heterocycles. The van der Waals surface area contributed by atoms with Crippen molar-refractivity contribution in [3.05, 3.63) is 62.1 Å². The second-order valence-electron chi connectivity index (χ2n) is 8.51. The van der Waals surface area contributed by atoms with E-state index in [-0.39, 0.29) is 48.5 Å². The van der Waals surface area contributed by atoms with Gasteiger partial charge in [-0.1, -0.05) is 66.3 Å². The molecule has 0 saturated heterocycles. The van der Waals surface area contributed by atoms with Gasteiger partial charge in [0.1, 0.15) is 6.04 Å². The first-order valence-electron chi connectivity index (χ1n) is 11.8. The summed E-state index contributed by atoms with van der Waals surface area (Å²) in [7, 11) is -3.71. The van der Waals surface area contributed by atoms with Crippen molar-refractivity contribution in [1.29, 1.82) is 0 Å². The highest BCUT2D eigenvalue weighted by molar-refractivity contribution is 7.92. The summed E-state index contributed by atoms with van der Waals surface area (Å²) in [5.41, 5.74) is 0.879. The van der Waals surface area contributed by atoms with Gasteiger partial charge in [-0.25, -0.2) is 8.42 Å². The van der Waals surface area contributed by atoms with Crippen LogP contribution in [0.5, 0.6) is 0 Å². The van der Waals surface area contributed by atoms with Crippen molar-refractivity contribution in [2.45, 2.75) is 52.1 Å². The van der Waals surface area contributed by atoms with E-state index in [4.69, 9.17) is 46.4 Å². The second-order valence-corrected chi connectivity index (χ2v) is 12.1. The quantitative estimate of drug-likeness (QED) is 0.293. The molecule has 2 amide bonds. The second kappa shape index (κ2) is 14.4. The Bertz CT molecular complexity index is 1210. The smallest absolute Gasteiger partial charge is 0.242 e. The molecule has 2 rings (SSSR count). The standard InChI is InChI=1S/C25H31Cl4N3O4S/c1-4-12-30-25(34)22(5-2)31(16-17-8-9-18(26)14-21(17)29)24(33)7-6-13-32(37(3,35)36)23-15-19(27)10-11-20(23)28/h8-11,14-15,22H,4-7,12-13,16H2,1-3H3,(H,30,34). The van der Waals surface area contributed by atoms with Crippen LogP contribution in [0.3, 0.4) is 0 Å². The third-order valence-corrected chi connectivity index (χ3v) is 7.94. The predicted molar refractivity (Wildman–Crippen MR) is 152 cm³/mol. The topological polar surface area (TPSA) is 86.8 Å². The average Bonchev–Trinajstić information content (AvgIpc) is 2.82. The Morgan fingerprint density at radius 3 is 2.22 bits per heavy atom. The Labute approximate surface area is 239 Å². The van der Waals surface area contributed by atoms with Crippen LogP contribution in [-0.4, -0.2) is 50.5 Å². The van der Waals surface area contributed by atoms with Gasteiger partial charge < -0.3 is 10.2 Å². The summed E-state index contributed by atoms with van der Waals surface area (Å²) in [4.78, 5) is 27.8. The zero-order valence-electron chi connectivity index (χ0n) is 20.9. The van der Waals surface area contributed by atoms with E-state index in [2.05, 4.69) is 5.32 Å². The summed E-state index contributed by atoms with van der Waals surface area (Å²) < 4.78 is 26.1. The van der Waals surface area contributed by atoms with E-state index in [9.17, 15) is 18.0 Å². The van der Waals surface area contributed by atoms with Gasteiger partial charge in [-0.3, -0.25) is 13.9 Å². The highest BCUT2D eigenvalue weighted by Crippen LogP contribution is 2.31. The van der Waals surface area contributed by atoms with Gasteiger partial charge in [0.05, 0.1) is 17.0 Å². The molecule has 204 valence electrons. The van der Waals surface area contributed by atoms with E-state index in [1.165, 1.54) is 17.0 Å². The molecule has 0 fully saturated rings. The zero-order valence-corrected chi connectivity index (χ0v) is 24.8. The molecular weight excluding hydrogens is 580 g/mol. The lowest BCUT2D eigenvalue weighted by molar-refractivity contribution is -0.141. The molecule has 0 aliphatic rings. The highest BCUT2D eigenvalue weighted by atomic mass is 35.5. The summed E-state index contributed by atoms with van der Waals surface area (Å²) in [6, 6.07) is 8.78. The van der Waals surface area contributed by atoms with Gasteiger partial charge in [0.25, 0.3) is 0 Å². The number of nitrogens with one attached hydrogen (secondary N) is 1. The number of carbonyl (C=O) groups excluding carboxylic acids is 2. The number of amides is 2. The minimum atomic E-state index is -3.71. The Balaban J connectivity index is 2.27. The molecule has 2 aromatic carbocycles. The van der Waals surface area contributed by atoms with Crippen LogP contribution in [0.25, 0.3) is 0 Å². The van der Waals surface area contributed by atoms with Crippen molar-refractivity contribution < 1.29 is 18.0 Å². The molecule has 0 spiro atoms. The van der Waals surface area contributed by atoms with Crippen LogP contribution >= 0.6 is 46.4 Å². The number of rotatable bonds is 13. The van der Waals surface area contributed by atoms with E-state index < -0.39 is 16.1 Å². The normalized spacial score (nSPS) is 12.2. The lowest BCUT2D eigenvalue weighted by Crippen LogP contribution is -2.49.